The van der Waals surface area contributed by atoms with Crippen molar-refractivity contribution in [3.05, 3.63) is 58.4 Å². The third-order valence-corrected chi connectivity index (χ3v) is 4.80. The Hall–Kier alpha value is -2.90. The van der Waals surface area contributed by atoms with Crippen molar-refractivity contribution in [1.82, 2.24) is 20.0 Å². The zero-order valence-corrected chi connectivity index (χ0v) is 18.9. The van der Waals surface area contributed by atoms with Gasteiger partial charge in [0, 0.05) is 12.7 Å². The number of carbonyl (C=O) groups excluding carboxylic acids is 2. The van der Waals surface area contributed by atoms with Crippen LogP contribution in [0.25, 0.3) is 0 Å². The Labute approximate surface area is 177 Å². The minimum atomic E-state index is -0.636. The van der Waals surface area contributed by atoms with Crippen LogP contribution >= 0.6 is 9.24 Å². The molecule has 1 unspecified atom stereocenters. The van der Waals surface area contributed by atoms with Gasteiger partial charge < -0.3 is 11.1 Å². The number of nitrogens with two attached hydrogens (primary N) is 1. The third kappa shape index (κ3) is 6.05. The summed E-state index contributed by atoms with van der Waals surface area (Å²) in [5.41, 5.74) is 8.61. The number of nitrogens with zero attached hydrogens (tertiary/aromatic N) is 3. The highest BCUT2D eigenvalue weighted by Gasteiger charge is 2.16. The summed E-state index contributed by atoms with van der Waals surface area (Å²) in [6.07, 6.45) is 2.89. The molecule has 2 aromatic heterocycles. The van der Waals surface area contributed by atoms with Gasteiger partial charge in [0.1, 0.15) is 11.5 Å². The summed E-state index contributed by atoms with van der Waals surface area (Å²) >= 11 is 0. The first-order chi connectivity index (χ1) is 14.3. The van der Waals surface area contributed by atoms with Crippen LogP contribution in [0.5, 0.6) is 0 Å². The van der Waals surface area contributed by atoms with Gasteiger partial charge in [-0.25, -0.2) is 4.39 Å². The second kappa shape index (κ2) is 11.9. The van der Waals surface area contributed by atoms with Crippen LogP contribution in [-0.4, -0.2) is 39.2 Å². The number of hydrogen-bond acceptors (Lipinski definition) is 5. The van der Waals surface area contributed by atoms with Crippen LogP contribution in [0.4, 0.5) is 10.1 Å². The van der Waals surface area contributed by atoms with Crippen molar-refractivity contribution in [2.75, 3.05) is 12.4 Å². The lowest BCUT2D eigenvalue weighted by molar-refractivity contribution is 0.102. The average molecular weight is 434 g/mol. The number of benzene rings is 1. The summed E-state index contributed by atoms with van der Waals surface area (Å²) in [4.78, 5) is 22.5. The molecule has 10 heteroatoms. The number of amides is 1. The molecule has 30 heavy (non-hydrogen) atoms. The van der Waals surface area contributed by atoms with Crippen molar-refractivity contribution in [2.24, 2.45) is 12.8 Å². The number of halogens is 1. The van der Waals surface area contributed by atoms with Crippen LogP contribution in [0.2, 0.25) is 0 Å². The zero-order chi connectivity index (χ0) is 22.8. The van der Waals surface area contributed by atoms with Crippen LogP contribution in [0.3, 0.4) is 0 Å². The fourth-order valence-electron chi connectivity index (χ4n) is 2.78. The van der Waals surface area contributed by atoms with Crippen molar-refractivity contribution < 1.29 is 14.0 Å². The zero-order valence-electron chi connectivity index (χ0n) is 17.8. The first-order valence-corrected chi connectivity index (χ1v) is 9.78. The molecule has 0 saturated heterocycles. The van der Waals surface area contributed by atoms with Gasteiger partial charge in [0.25, 0.3) is 5.91 Å². The molecule has 162 valence electrons. The van der Waals surface area contributed by atoms with Gasteiger partial charge in [-0.2, -0.15) is 10.2 Å². The minimum absolute atomic E-state index is 0.0828. The van der Waals surface area contributed by atoms with Gasteiger partial charge in [0.2, 0.25) is 0 Å². The summed E-state index contributed by atoms with van der Waals surface area (Å²) in [7, 11) is 5.77. The molecule has 2 heterocycles. The molecule has 4 N–H and O–H groups in total. The summed E-state index contributed by atoms with van der Waals surface area (Å²) in [6, 6.07) is 4.29. The molecular formula is C20H28FN6O2P. The normalized spacial score (nSPS) is 9.73. The molecular weight excluding hydrogens is 406 g/mol. The van der Waals surface area contributed by atoms with Crippen LogP contribution < -0.4 is 16.4 Å². The number of anilines is 1. The molecule has 0 spiro atoms. The number of H-pyrrole nitrogens is 1. The van der Waals surface area contributed by atoms with Crippen molar-refractivity contribution in [2.45, 2.75) is 27.2 Å². The lowest BCUT2D eigenvalue weighted by atomic mass is 10.1. The fourth-order valence-corrected chi connectivity index (χ4v) is 3.16. The lowest BCUT2D eigenvalue weighted by Gasteiger charge is -2.07. The quantitative estimate of drug-likeness (QED) is 0.430. The lowest BCUT2D eigenvalue weighted by Crippen LogP contribution is -2.20. The van der Waals surface area contributed by atoms with Crippen molar-refractivity contribution in [3.8, 4) is 0 Å². The number of aromatic nitrogens is 4. The number of nitrogens with one attached hydrogen (secondary N) is 2. The van der Waals surface area contributed by atoms with Gasteiger partial charge in [-0.1, -0.05) is 19.1 Å². The summed E-state index contributed by atoms with van der Waals surface area (Å²) in [5.74, 6) is -1.27. The van der Waals surface area contributed by atoms with Crippen molar-refractivity contribution in [3.63, 3.8) is 0 Å². The largest absolute Gasteiger partial charge is 0.333 e. The summed E-state index contributed by atoms with van der Waals surface area (Å²) in [6.45, 7) is 6.34. The van der Waals surface area contributed by atoms with E-state index in [-0.39, 0.29) is 16.9 Å². The monoisotopic (exact) mass is 434 g/mol. The smallest absolute Gasteiger partial charge is 0.259 e. The Morgan fingerprint density at radius 1 is 1.37 bits per heavy atom. The molecule has 3 aromatic rings. The Kier molecular flexibility index (Phi) is 10.0. The predicted molar refractivity (Wildman–Crippen MR) is 120 cm³/mol. The molecule has 1 aromatic carbocycles. The third-order valence-electron chi connectivity index (χ3n) is 4.32. The van der Waals surface area contributed by atoms with Crippen molar-refractivity contribution >= 4 is 32.4 Å². The molecule has 0 saturated carbocycles. The highest BCUT2D eigenvalue weighted by atomic mass is 31.0. The van der Waals surface area contributed by atoms with Crippen LogP contribution in [-0.2, 0) is 13.5 Å². The Bertz CT molecular complexity index is 979. The molecule has 0 bridgehead atoms. The molecule has 0 aliphatic carbocycles. The summed E-state index contributed by atoms with van der Waals surface area (Å²) < 4.78 is 15.5. The molecule has 1 atom stereocenters. The average Bonchev–Trinajstić information content (AvgIpc) is 3.26. The highest BCUT2D eigenvalue weighted by Crippen LogP contribution is 2.14. The van der Waals surface area contributed by atoms with Gasteiger partial charge in [-0.15, -0.1) is 9.24 Å². The predicted octanol–water partition coefficient (Wildman–Crippen LogP) is 2.29. The molecule has 1 amide bonds. The van der Waals surface area contributed by atoms with E-state index < -0.39 is 11.7 Å². The van der Waals surface area contributed by atoms with E-state index in [9.17, 15) is 14.0 Å². The van der Waals surface area contributed by atoms with Crippen LogP contribution in [0, 0.1) is 19.7 Å². The fraction of sp³-hybridized carbons (Fsp3) is 0.300. The number of aldehydes is 1. The second-order valence-corrected chi connectivity index (χ2v) is 6.72. The molecule has 0 fully saturated rings. The van der Waals surface area contributed by atoms with E-state index in [0.29, 0.717) is 11.6 Å². The van der Waals surface area contributed by atoms with E-state index in [4.69, 9.17) is 0 Å². The van der Waals surface area contributed by atoms with E-state index in [1.165, 1.54) is 42.3 Å². The Morgan fingerprint density at radius 2 is 2.03 bits per heavy atom. The maximum Gasteiger partial charge on any atom is 0.259 e. The topological polar surface area (TPSA) is 119 Å². The SMILES string of the molecule is CCc1c(C)nn(C)c1C.CN.O=Cc1[nH]ncc1NC(=O)c1c(F)cccc1P. The number of aryl methyl sites for hydroxylation is 2. The molecule has 3 rings (SSSR count). The highest BCUT2D eigenvalue weighted by molar-refractivity contribution is 7.27. The molecule has 8 nitrogen and oxygen atoms in total. The standard InChI is InChI=1S/C11H9FN3O2P.C8H14N2.CH5N/c12-6-2-1-3-9(18)10(6)11(17)14-7-4-13-15-8(7)5-16;1-5-8-6(2)9-10(4)7(8)3;1-2/h1-5H,18H2,(H,13,15)(H,14,17);5H2,1-4H3;2H2,1H3. The number of rotatable bonds is 4. The van der Waals surface area contributed by atoms with Gasteiger partial charge >= 0.3 is 0 Å². The maximum absolute atomic E-state index is 13.5. The first kappa shape index (κ1) is 25.1. The van der Waals surface area contributed by atoms with Gasteiger partial charge in [0.15, 0.2) is 6.29 Å². The van der Waals surface area contributed by atoms with Gasteiger partial charge in [-0.3, -0.25) is 19.4 Å². The van der Waals surface area contributed by atoms with E-state index in [1.54, 1.807) is 6.07 Å². The number of carbonyl (C=O) groups is 2. The number of hydrogen-bond donors (Lipinski definition) is 3. The van der Waals surface area contributed by atoms with E-state index in [0.717, 1.165) is 6.42 Å². The summed E-state index contributed by atoms with van der Waals surface area (Å²) in [5, 5.41) is 13.2. The van der Waals surface area contributed by atoms with E-state index in [1.807, 2.05) is 11.7 Å². The first-order valence-electron chi connectivity index (χ1n) is 9.20. The minimum Gasteiger partial charge on any atom is -0.333 e. The maximum atomic E-state index is 13.5. The van der Waals surface area contributed by atoms with Crippen LogP contribution in [0.1, 0.15) is 44.7 Å². The van der Waals surface area contributed by atoms with Crippen LogP contribution in [0.15, 0.2) is 24.4 Å². The Morgan fingerprint density at radius 3 is 2.50 bits per heavy atom. The second-order valence-electron chi connectivity index (χ2n) is 6.10. The Balaban J connectivity index is 0.000000318. The van der Waals surface area contributed by atoms with Gasteiger partial charge in [0.05, 0.1) is 23.1 Å². The van der Waals surface area contributed by atoms with Gasteiger partial charge in [-0.05, 0) is 44.3 Å². The number of aromatic amines is 1. The molecule has 0 aliphatic heterocycles. The van der Waals surface area contributed by atoms with E-state index in [2.05, 4.69) is 56.4 Å². The van der Waals surface area contributed by atoms with Crippen molar-refractivity contribution in [1.29, 1.82) is 0 Å². The molecule has 0 aliphatic rings. The molecule has 0 radical (unpaired) electrons. The van der Waals surface area contributed by atoms with E-state index >= 15 is 0 Å².